The first-order chi connectivity index (χ1) is 9.19. The molecule has 2 aromatic rings. The Bertz CT molecular complexity index is 602. The van der Waals surface area contributed by atoms with Crippen LogP contribution in [0.1, 0.15) is 24.2 Å². The second-order valence-electron chi connectivity index (χ2n) is 5.13. The zero-order valence-electron chi connectivity index (χ0n) is 11.0. The van der Waals surface area contributed by atoms with E-state index in [1.54, 1.807) is 0 Å². The minimum Gasteiger partial charge on any atom is -0.367 e. The third-order valence-corrected chi connectivity index (χ3v) is 3.98. The summed E-state index contributed by atoms with van der Waals surface area (Å²) in [6.45, 7) is 6.24. The van der Waals surface area contributed by atoms with Crippen molar-refractivity contribution in [2.75, 3.05) is 18.0 Å². The van der Waals surface area contributed by atoms with Crippen molar-refractivity contribution in [3.8, 4) is 0 Å². The number of nitrogens with one attached hydrogen (secondary N) is 1. The zero-order chi connectivity index (χ0) is 13.4. The van der Waals surface area contributed by atoms with Gasteiger partial charge in [0.05, 0.1) is 17.4 Å². The molecule has 19 heavy (non-hydrogen) atoms. The van der Waals surface area contributed by atoms with E-state index in [-0.39, 0.29) is 0 Å². The van der Waals surface area contributed by atoms with Gasteiger partial charge in [-0.25, -0.2) is 0 Å². The van der Waals surface area contributed by atoms with Crippen molar-refractivity contribution in [1.82, 2.24) is 14.1 Å². The molecule has 0 aliphatic carbocycles. The number of nitrogens with zero attached hydrogens (tertiary/aromatic N) is 3. The van der Waals surface area contributed by atoms with Gasteiger partial charge in [-0.05, 0) is 26.0 Å². The number of fused-ring (bicyclic) bond motifs is 1. The Hall–Kier alpha value is -1.53. The molecular weight excluding hydrogens is 260 g/mol. The fourth-order valence-electron chi connectivity index (χ4n) is 2.75. The molecule has 0 radical (unpaired) electrons. The molecule has 100 valence electrons. The number of hydrogen-bond acceptors (Lipinski definition) is 6. The Morgan fingerprint density at radius 2 is 1.95 bits per heavy atom. The van der Waals surface area contributed by atoms with Crippen molar-refractivity contribution >= 4 is 34.7 Å². The predicted octanol–water partition coefficient (Wildman–Crippen LogP) is 1.69. The first-order valence-corrected chi connectivity index (χ1v) is 7.13. The first kappa shape index (κ1) is 12.5. The van der Waals surface area contributed by atoms with Crippen LogP contribution in [0.4, 0.5) is 5.69 Å². The lowest BCUT2D eigenvalue weighted by Crippen LogP contribution is -2.54. The van der Waals surface area contributed by atoms with Crippen LogP contribution in [-0.4, -0.2) is 40.2 Å². The van der Waals surface area contributed by atoms with Gasteiger partial charge in [0, 0.05) is 30.7 Å². The quantitative estimate of drug-likeness (QED) is 0.846. The summed E-state index contributed by atoms with van der Waals surface area (Å²) >= 11 is 1.16. The Kier molecular flexibility index (Phi) is 3.20. The van der Waals surface area contributed by atoms with Gasteiger partial charge >= 0.3 is 0 Å². The van der Waals surface area contributed by atoms with E-state index in [0.717, 1.165) is 47.8 Å². The van der Waals surface area contributed by atoms with Crippen LogP contribution < -0.4 is 10.2 Å². The summed E-state index contributed by atoms with van der Waals surface area (Å²) in [5.74, 6) is 0. The van der Waals surface area contributed by atoms with E-state index >= 15 is 0 Å². The maximum Gasteiger partial charge on any atom is 0.152 e. The molecule has 1 aliphatic rings. The fraction of sp³-hybridized carbons (Fsp3) is 0.462. The summed E-state index contributed by atoms with van der Waals surface area (Å²) < 4.78 is 8.60. The second kappa shape index (κ2) is 4.86. The van der Waals surface area contributed by atoms with Crippen LogP contribution in [0.2, 0.25) is 0 Å². The lowest BCUT2D eigenvalue weighted by Gasteiger charge is -2.37. The highest BCUT2D eigenvalue weighted by Crippen LogP contribution is 2.28. The molecule has 0 bridgehead atoms. The number of aldehydes is 1. The van der Waals surface area contributed by atoms with Gasteiger partial charge in [-0.1, -0.05) is 0 Å². The molecule has 0 saturated carbocycles. The van der Waals surface area contributed by atoms with Crippen molar-refractivity contribution in [2.24, 2.45) is 0 Å². The third kappa shape index (κ3) is 2.21. The normalized spacial score (nSPS) is 23.8. The largest absolute Gasteiger partial charge is 0.367 e. The second-order valence-corrected chi connectivity index (χ2v) is 5.66. The molecule has 1 aromatic heterocycles. The molecule has 5 nitrogen and oxygen atoms in total. The van der Waals surface area contributed by atoms with Crippen LogP contribution in [0.5, 0.6) is 0 Å². The highest BCUT2D eigenvalue weighted by molar-refractivity contribution is 7.00. The van der Waals surface area contributed by atoms with Crippen LogP contribution >= 0.6 is 11.7 Å². The van der Waals surface area contributed by atoms with E-state index < -0.39 is 0 Å². The number of carbonyl (C=O) groups excluding carboxylic acids is 1. The molecule has 1 aliphatic heterocycles. The van der Waals surface area contributed by atoms with Crippen molar-refractivity contribution in [2.45, 2.75) is 25.9 Å². The SMILES string of the molecule is CC1CN(c2ccc(C=O)c3nsnc23)CC(C)N1. The minimum atomic E-state index is 0.441. The first-order valence-electron chi connectivity index (χ1n) is 6.40. The summed E-state index contributed by atoms with van der Waals surface area (Å²) in [5, 5.41) is 3.51. The number of carbonyl (C=O) groups is 1. The van der Waals surface area contributed by atoms with Gasteiger partial charge in [0.1, 0.15) is 11.0 Å². The molecule has 1 aromatic carbocycles. The molecule has 1 N–H and O–H groups in total. The maximum atomic E-state index is 11.0. The van der Waals surface area contributed by atoms with Crippen LogP contribution in [0, 0.1) is 0 Å². The van der Waals surface area contributed by atoms with E-state index in [4.69, 9.17) is 0 Å². The highest BCUT2D eigenvalue weighted by atomic mass is 32.1. The Morgan fingerprint density at radius 3 is 2.63 bits per heavy atom. The molecule has 3 rings (SSSR count). The molecule has 6 heteroatoms. The van der Waals surface area contributed by atoms with Crippen LogP contribution in [-0.2, 0) is 0 Å². The van der Waals surface area contributed by atoms with Crippen LogP contribution in [0.15, 0.2) is 12.1 Å². The average Bonchev–Trinajstić information content (AvgIpc) is 2.85. The van der Waals surface area contributed by atoms with Crippen LogP contribution in [0.25, 0.3) is 11.0 Å². The van der Waals surface area contributed by atoms with Gasteiger partial charge in [-0.15, -0.1) is 0 Å². The monoisotopic (exact) mass is 276 g/mol. The van der Waals surface area contributed by atoms with Crippen molar-refractivity contribution < 1.29 is 4.79 Å². The smallest absolute Gasteiger partial charge is 0.152 e. The molecule has 2 atom stereocenters. The Morgan fingerprint density at radius 1 is 1.26 bits per heavy atom. The number of piperazine rings is 1. The van der Waals surface area contributed by atoms with Gasteiger partial charge in [0.2, 0.25) is 0 Å². The molecule has 0 amide bonds. The summed E-state index contributed by atoms with van der Waals surface area (Å²) in [7, 11) is 0. The molecule has 1 fully saturated rings. The van der Waals surface area contributed by atoms with Gasteiger partial charge in [0.25, 0.3) is 0 Å². The van der Waals surface area contributed by atoms with Crippen molar-refractivity contribution in [3.63, 3.8) is 0 Å². The zero-order valence-corrected chi connectivity index (χ0v) is 11.8. The standard InChI is InChI=1S/C13H16N4OS/c1-8-5-17(6-9(2)14-8)11-4-3-10(7-18)12-13(11)16-19-15-12/h3-4,7-9,14H,5-6H2,1-2H3. The summed E-state index contributed by atoms with van der Waals surface area (Å²) in [6, 6.07) is 4.70. The Balaban J connectivity index is 2.05. The molecule has 2 heterocycles. The average molecular weight is 276 g/mol. The van der Waals surface area contributed by atoms with Crippen molar-refractivity contribution in [1.29, 1.82) is 0 Å². The number of benzene rings is 1. The maximum absolute atomic E-state index is 11.0. The topological polar surface area (TPSA) is 58.1 Å². The van der Waals surface area contributed by atoms with Gasteiger partial charge in [0.15, 0.2) is 6.29 Å². The number of hydrogen-bond donors (Lipinski definition) is 1. The predicted molar refractivity (Wildman–Crippen MR) is 77.1 cm³/mol. The van der Waals surface area contributed by atoms with Gasteiger partial charge < -0.3 is 10.2 Å². The van der Waals surface area contributed by atoms with Gasteiger partial charge in [-0.2, -0.15) is 8.75 Å². The number of anilines is 1. The fourth-order valence-corrected chi connectivity index (χ4v) is 3.32. The lowest BCUT2D eigenvalue weighted by atomic mass is 10.1. The molecule has 2 unspecified atom stereocenters. The van der Waals surface area contributed by atoms with Crippen LogP contribution in [0.3, 0.4) is 0 Å². The third-order valence-electron chi connectivity index (χ3n) is 3.45. The number of aromatic nitrogens is 2. The molecule has 1 saturated heterocycles. The summed E-state index contributed by atoms with van der Waals surface area (Å²) in [5.41, 5.74) is 3.26. The summed E-state index contributed by atoms with van der Waals surface area (Å²) in [6.07, 6.45) is 0.844. The molecular formula is C13H16N4OS. The Labute approximate surface area is 115 Å². The van der Waals surface area contributed by atoms with E-state index in [9.17, 15) is 4.79 Å². The van der Waals surface area contributed by atoms with E-state index in [0.29, 0.717) is 17.6 Å². The minimum absolute atomic E-state index is 0.441. The molecule has 0 spiro atoms. The van der Waals surface area contributed by atoms with E-state index in [1.807, 2.05) is 12.1 Å². The number of rotatable bonds is 2. The highest BCUT2D eigenvalue weighted by Gasteiger charge is 2.23. The van der Waals surface area contributed by atoms with E-state index in [2.05, 4.69) is 32.8 Å². The van der Waals surface area contributed by atoms with Gasteiger partial charge in [-0.3, -0.25) is 4.79 Å². The van der Waals surface area contributed by atoms with Crippen molar-refractivity contribution in [3.05, 3.63) is 17.7 Å². The summed E-state index contributed by atoms with van der Waals surface area (Å²) in [4.78, 5) is 13.3. The lowest BCUT2D eigenvalue weighted by molar-refractivity contribution is 0.112. The van der Waals surface area contributed by atoms with E-state index in [1.165, 1.54) is 0 Å².